The summed E-state index contributed by atoms with van der Waals surface area (Å²) in [5, 5.41) is 7.35. The van der Waals surface area contributed by atoms with Crippen LogP contribution in [0.5, 0.6) is 5.75 Å². The second-order valence-electron chi connectivity index (χ2n) is 6.52. The van der Waals surface area contributed by atoms with E-state index in [1.165, 1.54) is 0 Å². The summed E-state index contributed by atoms with van der Waals surface area (Å²) in [5.74, 6) is 0.777. The average Bonchev–Trinajstić information content (AvgIpc) is 3.13. The smallest absolute Gasteiger partial charge is 0.228 e. The van der Waals surface area contributed by atoms with Gasteiger partial charge in [-0.15, -0.1) is 0 Å². The van der Waals surface area contributed by atoms with E-state index >= 15 is 0 Å². The third kappa shape index (κ3) is 3.99. The van der Waals surface area contributed by atoms with Crippen molar-refractivity contribution in [2.75, 3.05) is 17.7 Å². The van der Waals surface area contributed by atoms with E-state index in [-0.39, 0.29) is 5.91 Å². The lowest BCUT2D eigenvalue weighted by molar-refractivity contribution is -0.115. The van der Waals surface area contributed by atoms with Crippen molar-refractivity contribution < 1.29 is 9.53 Å². The van der Waals surface area contributed by atoms with Crippen molar-refractivity contribution in [2.24, 2.45) is 0 Å². The highest BCUT2D eigenvalue weighted by molar-refractivity contribution is 5.95. The molecular formula is C23H21N3O2. The zero-order chi connectivity index (χ0) is 19.3. The van der Waals surface area contributed by atoms with Gasteiger partial charge in [0, 0.05) is 34.2 Å². The molecular weight excluding hydrogens is 350 g/mol. The number of carbonyl (C=O) groups excluding carboxylic acids is 1. The quantitative estimate of drug-likeness (QED) is 0.442. The Kier molecular flexibility index (Phi) is 4.97. The van der Waals surface area contributed by atoms with E-state index in [9.17, 15) is 4.79 Å². The molecule has 4 rings (SSSR count). The number of benzene rings is 3. The van der Waals surface area contributed by atoms with Crippen LogP contribution in [0.25, 0.3) is 10.9 Å². The summed E-state index contributed by atoms with van der Waals surface area (Å²) in [7, 11) is 1.65. The minimum Gasteiger partial charge on any atom is -0.497 e. The normalized spacial score (nSPS) is 10.6. The third-order valence-electron chi connectivity index (χ3n) is 4.57. The maximum Gasteiger partial charge on any atom is 0.228 e. The number of aromatic nitrogens is 1. The summed E-state index contributed by atoms with van der Waals surface area (Å²) in [6, 6.07) is 23.3. The number of anilines is 3. The van der Waals surface area contributed by atoms with Gasteiger partial charge in [0.05, 0.1) is 13.5 Å². The predicted octanol–water partition coefficient (Wildman–Crippen LogP) is 5.10. The van der Waals surface area contributed by atoms with Crippen molar-refractivity contribution in [3.05, 3.63) is 84.6 Å². The Morgan fingerprint density at radius 3 is 2.25 bits per heavy atom. The summed E-state index contributed by atoms with van der Waals surface area (Å²) in [4.78, 5) is 15.6. The Morgan fingerprint density at radius 1 is 0.893 bits per heavy atom. The molecule has 140 valence electrons. The van der Waals surface area contributed by atoms with Gasteiger partial charge in [0.1, 0.15) is 5.75 Å². The van der Waals surface area contributed by atoms with Gasteiger partial charge in [0.25, 0.3) is 0 Å². The van der Waals surface area contributed by atoms with Crippen LogP contribution < -0.4 is 15.4 Å². The maximum absolute atomic E-state index is 12.4. The number of carbonyl (C=O) groups is 1. The molecule has 5 nitrogen and oxygen atoms in total. The molecule has 1 aromatic heterocycles. The van der Waals surface area contributed by atoms with E-state index in [0.717, 1.165) is 39.3 Å². The van der Waals surface area contributed by atoms with Gasteiger partial charge in [0.2, 0.25) is 5.91 Å². The fourth-order valence-corrected chi connectivity index (χ4v) is 3.13. The van der Waals surface area contributed by atoms with Crippen LogP contribution >= 0.6 is 0 Å². The van der Waals surface area contributed by atoms with Crippen LogP contribution in [0, 0.1) is 0 Å². The fourth-order valence-electron chi connectivity index (χ4n) is 3.13. The lowest BCUT2D eigenvalue weighted by atomic mass is 10.1. The molecule has 0 aliphatic carbocycles. The van der Waals surface area contributed by atoms with E-state index in [2.05, 4.69) is 15.6 Å². The Hall–Kier alpha value is -3.73. The van der Waals surface area contributed by atoms with E-state index in [1.807, 2.05) is 79.0 Å². The van der Waals surface area contributed by atoms with E-state index in [4.69, 9.17) is 4.74 Å². The van der Waals surface area contributed by atoms with Crippen molar-refractivity contribution in [1.82, 2.24) is 4.98 Å². The number of ether oxygens (including phenoxy) is 1. The minimum absolute atomic E-state index is 0.0411. The number of rotatable bonds is 6. The summed E-state index contributed by atoms with van der Waals surface area (Å²) in [6.45, 7) is 0. The minimum atomic E-state index is -0.0411. The van der Waals surface area contributed by atoms with Crippen LogP contribution in [-0.2, 0) is 11.2 Å². The molecule has 3 N–H and O–H groups in total. The zero-order valence-electron chi connectivity index (χ0n) is 15.5. The van der Waals surface area contributed by atoms with Crippen molar-refractivity contribution in [1.29, 1.82) is 0 Å². The number of fused-ring (bicyclic) bond motifs is 1. The molecule has 1 amide bonds. The first kappa shape index (κ1) is 17.7. The maximum atomic E-state index is 12.4. The number of hydrogen-bond donors (Lipinski definition) is 3. The SMILES string of the molecule is COc1ccc(Nc2ccc(NC(=O)Cc3c[nH]c4ccccc34)cc2)cc1. The highest BCUT2D eigenvalue weighted by Gasteiger charge is 2.09. The summed E-state index contributed by atoms with van der Waals surface area (Å²) in [5.41, 5.74) is 4.71. The average molecular weight is 371 g/mol. The number of aromatic amines is 1. The molecule has 5 heteroatoms. The molecule has 3 aromatic carbocycles. The van der Waals surface area contributed by atoms with E-state index < -0.39 is 0 Å². The van der Waals surface area contributed by atoms with Crippen LogP contribution in [0.1, 0.15) is 5.56 Å². The summed E-state index contributed by atoms with van der Waals surface area (Å²) >= 11 is 0. The Balaban J connectivity index is 1.37. The van der Waals surface area contributed by atoms with Gasteiger partial charge < -0.3 is 20.4 Å². The molecule has 4 aromatic rings. The van der Waals surface area contributed by atoms with Gasteiger partial charge in [-0.05, 0) is 60.2 Å². The first-order chi connectivity index (χ1) is 13.7. The van der Waals surface area contributed by atoms with Gasteiger partial charge in [-0.1, -0.05) is 18.2 Å². The zero-order valence-corrected chi connectivity index (χ0v) is 15.5. The van der Waals surface area contributed by atoms with Crippen LogP contribution in [0.4, 0.5) is 17.1 Å². The van der Waals surface area contributed by atoms with E-state index in [1.54, 1.807) is 7.11 Å². The van der Waals surface area contributed by atoms with Gasteiger partial charge in [-0.25, -0.2) is 0 Å². The molecule has 28 heavy (non-hydrogen) atoms. The summed E-state index contributed by atoms with van der Waals surface area (Å²) in [6.07, 6.45) is 2.22. The number of hydrogen-bond acceptors (Lipinski definition) is 3. The number of amides is 1. The van der Waals surface area contributed by atoms with Crippen LogP contribution in [0.3, 0.4) is 0 Å². The molecule has 0 unspecified atom stereocenters. The second-order valence-corrected chi connectivity index (χ2v) is 6.52. The Labute approximate surface area is 163 Å². The molecule has 1 heterocycles. The van der Waals surface area contributed by atoms with Gasteiger partial charge in [-0.2, -0.15) is 0 Å². The molecule has 0 aliphatic rings. The highest BCUT2D eigenvalue weighted by Crippen LogP contribution is 2.22. The lowest BCUT2D eigenvalue weighted by Crippen LogP contribution is -2.14. The van der Waals surface area contributed by atoms with E-state index in [0.29, 0.717) is 6.42 Å². The van der Waals surface area contributed by atoms with Crippen molar-refractivity contribution in [3.8, 4) is 5.75 Å². The molecule has 0 atom stereocenters. The first-order valence-corrected chi connectivity index (χ1v) is 9.07. The van der Waals surface area contributed by atoms with Gasteiger partial charge >= 0.3 is 0 Å². The van der Waals surface area contributed by atoms with Crippen LogP contribution in [0.15, 0.2) is 79.0 Å². The number of para-hydroxylation sites is 1. The fraction of sp³-hybridized carbons (Fsp3) is 0.0870. The largest absolute Gasteiger partial charge is 0.497 e. The van der Waals surface area contributed by atoms with Crippen molar-refractivity contribution >= 4 is 33.9 Å². The predicted molar refractivity (Wildman–Crippen MR) is 113 cm³/mol. The van der Waals surface area contributed by atoms with Crippen molar-refractivity contribution in [3.63, 3.8) is 0 Å². The number of H-pyrrole nitrogens is 1. The standard InChI is InChI=1S/C23H21N3O2/c1-28-20-12-10-18(11-13-20)25-17-6-8-19(9-7-17)26-23(27)14-16-15-24-22-5-3-2-4-21(16)22/h2-13,15,24-25H,14H2,1H3,(H,26,27). The molecule has 0 saturated heterocycles. The molecule has 0 fully saturated rings. The lowest BCUT2D eigenvalue weighted by Gasteiger charge is -2.09. The highest BCUT2D eigenvalue weighted by atomic mass is 16.5. The van der Waals surface area contributed by atoms with Gasteiger partial charge in [0.15, 0.2) is 0 Å². The molecule has 0 radical (unpaired) electrons. The summed E-state index contributed by atoms with van der Waals surface area (Å²) < 4.78 is 5.16. The van der Waals surface area contributed by atoms with Gasteiger partial charge in [-0.3, -0.25) is 4.79 Å². The van der Waals surface area contributed by atoms with Crippen LogP contribution in [-0.4, -0.2) is 18.0 Å². The topological polar surface area (TPSA) is 66.2 Å². The molecule has 0 saturated carbocycles. The third-order valence-corrected chi connectivity index (χ3v) is 4.57. The number of nitrogens with one attached hydrogen (secondary N) is 3. The molecule has 0 bridgehead atoms. The number of methoxy groups -OCH3 is 1. The van der Waals surface area contributed by atoms with Crippen molar-refractivity contribution in [2.45, 2.75) is 6.42 Å². The molecule has 0 spiro atoms. The van der Waals surface area contributed by atoms with Crippen LogP contribution in [0.2, 0.25) is 0 Å². The first-order valence-electron chi connectivity index (χ1n) is 9.07. The Bertz CT molecular complexity index is 1080. The Morgan fingerprint density at radius 2 is 1.54 bits per heavy atom. The second kappa shape index (κ2) is 7.88. The monoisotopic (exact) mass is 371 g/mol. The molecule has 0 aliphatic heterocycles.